The van der Waals surface area contributed by atoms with Crippen LogP contribution < -0.4 is 5.73 Å². The minimum absolute atomic E-state index is 0.0422. The minimum atomic E-state index is -1.09. The average Bonchev–Trinajstić information content (AvgIpc) is 2.44. The summed E-state index contributed by atoms with van der Waals surface area (Å²) in [6.45, 7) is 1.76. The summed E-state index contributed by atoms with van der Waals surface area (Å²) in [5.41, 5.74) is 5.11. The summed E-state index contributed by atoms with van der Waals surface area (Å²) >= 11 is 0. The van der Waals surface area contributed by atoms with Gasteiger partial charge >= 0.3 is 5.97 Å². The summed E-state index contributed by atoms with van der Waals surface area (Å²) in [5, 5.41) is 18.6. The molecule has 1 aromatic rings. The van der Waals surface area contributed by atoms with Crippen LogP contribution in [0.1, 0.15) is 16.8 Å². The Morgan fingerprint density at radius 1 is 1.45 bits per heavy atom. The molecule has 20 heavy (non-hydrogen) atoms. The fourth-order valence-electron chi connectivity index (χ4n) is 1.04. The first-order chi connectivity index (χ1) is 9.52. The van der Waals surface area contributed by atoms with Crippen LogP contribution in [-0.2, 0) is 4.74 Å². The first kappa shape index (κ1) is 17.6. The lowest BCUT2D eigenvalue weighted by atomic mass is 10.2. The van der Waals surface area contributed by atoms with E-state index in [9.17, 15) is 14.9 Å². The van der Waals surface area contributed by atoms with Gasteiger partial charge < -0.3 is 15.6 Å². The maximum atomic E-state index is 10.3. The molecule has 1 aromatic carbocycles. The number of terminal acetylenes is 1. The quantitative estimate of drug-likeness (QED) is 0.351. The van der Waals surface area contributed by atoms with Crippen LogP contribution >= 0.6 is 0 Å². The molecule has 0 aliphatic rings. The van der Waals surface area contributed by atoms with Gasteiger partial charge in [-0.05, 0) is 25.1 Å². The summed E-state index contributed by atoms with van der Waals surface area (Å²) in [5.74, 6) is 1.27. The van der Waals surface area contributed by atoms with Gasteiger partial charge in [0.05, 0.1) is 10.5 Å². The first-order valence-electron chi connectivity index (χ1n) is 5.72. The van der Waals surface area contributed by atoms with Crippen molar-refractivity contribution in [2.75, 3.05) is 19.8 Å². The second kappa shape index (κ2) is 10.5. The zero-order valence-electron chi connectivity index (χ0n) is 10.8. The van der Waals surface area contributed by atoms with Crippen LogP contribution in [0.15, 0.2) is 24.3 Å². The van der Waals surface area contributed by atoms with Crippen molar-refractivity contribution in [3.8, 4) is 12.3 Å². The van der Waals surface area contributed by atoms with E-state index in [2.05, 4.69) is 5.92 Å². The third-order valence-corrected chi connectivity index (χ3v) is 2.00. The third kappa shape index (κ3) is 7.81. The van der Waals surface area contributed by atoms with Gasteiger partial charge in [-0.25, -0.2) is 4.79 Å². The molecule has 0 amide bonds. The highest BCUT2D eigenvalue weighted by atomic mass is 16.6. The fourth-order valence-corrected chi connectivity index (χ4v) is 1.04. The van der Waals surface area contributed by atoms with Gasteiger partial charge in [0.2, 0.25) is 0 Å². The van der Waals surface area contributed by atoms with Crippen LogP contribution in [0.2, 0.25) is 0 Å². The molecule has 7 heteroatoms. The Hall–Kier alpha value is -2.43. The Morgan fingerprint density at radius 2 is 2.05 bits per heavy atom. The predicted octanol–water partition coefficient (Wildman–Crippen LogP) is 1.28. The van der Waals surface area contributed by atoms with Gasteiger partial charge in [-0.15, -0.1) is 6.42 Å². The van der Waals surface area contributed by atoms with E-state index in [1.165, 1.54) is 12.1 Å². The highest BCUT2D eigenvalue weighted by Crippen LogP contribution is 2.11. The normalized spacial score (nSPS) is 9.00. The molecule has 0 heterocycles. The number of nitro benzene ring substituents is 1. The molecule has 0 aliphatic carbocycles. The van der Waals surface area contributed by atoms with Crippen molar-refractivity contribution in [3.05, 3.63) is 39.9 Å². The van der Waals surface area contributed by atoms with E-state index in [1.807, 2.05) is 0 Å². The van der Waals surface area contributed by atoms with Gasteiger partial charge in [-0.1, -0.05) is 5.92 Å². The number of nitro groups is 1. The van der Waals surface area contributed by atoms with E-state index in [0.29, 0.717) is 19.8 Å². The maximum Gasteiger partial charge on any atom is 0.335 e. The van der Waals surface area contributed by atoms with Crippen LogP contribution in [0.5, 0.6) is 0 Å². The summed E-state index contributed by atoms with van der Waals surface area (Å²) in [6, 6.07) is 4.70. The smallest absolute Gasteiger partial charge is 0.335 e. The van der Waals surface area contributed by atoms with Crippen LogP contribution in [0, 0.1) is 22.5 Å². The van der Waals surface area contributed by atoms with Gasteiger partial charge in [0.15, 0.2) is 0 Å². The number of nitrogens with zero attached hydrogens (tertiary/aromatic N) is 1. The topological polar surface area (TPSA) is 116 Å². The molecule has 1 rings (SSSR count). The van der Waals surface area contributed by atoms with Crippen LogP contribution in [0.3, 0.4) is 0 Å². The second-order valence-corrected chi connectivity index (χ2v) is 3.51. The van der Waals surface area contributed by atoms with Crippen molar-refractivity contribution in [3.63, 3.8) is 0 Å². The molecule has 7 nitrogen and oxygen atoms in total. The molecule has 0 spiro atoms. The molecule has 108 valence electrons. The lowest BCUT2D eigenvalue weighted by Crippen LogP contribution is -2.04. The maximum absolute atomic E-state index is 10.3. The minimum Gasteiger partial charge on any atom is -0.478 e. The van der Waals surface area contributed by atoms with Crippen molar-refractivity contribution in [2.24, 2.45) is 5.73 Å². The molecule has 0 saturated heterocycles. The number of nitrogens with two attached hydrogens (primary N) is 1. The summed E-state index contributed by atoms with van der Waals surface area (Å²) in [7, 11) is 0. The average molecular weight is 280 g/mol. The van der Waals surface area contributed by atoms with Gasteiger partial charge in [0.25, 0.3) is 5.69 Å². The van der Waals surface area contributed by atoms with Crippen LogP contribution in [0.4, 0.5) is 5.69 Å². The van der Waals surface area contributed by atoms with E-state index in [1.54, 1.807) is 0 Å². The summed E-state index contributed by atoms with van der Waals surface area (Å²) < 4.78 is 4.91. The predicted molar refractivity (Wildman–Crippen MR) is 73.4 cm³/mol. The number of carboxylic acids is 1. The number of carbonyl (C=O) groups is 1. The highest BCUT2D eigenvalue weighted by molar-refractivity contribution is 5.87. The van der Waals surface area contributed by atoms with E-state index in [4.69, 9.17) is 22.0 Å². The number of non-ortho nitro benzene ring substituents is 1. The van der Waals surface area contributed by atoms with E-state index >= 15 is 0 Å². The van der Waals surface area contributed by atoms with Gasteiger partial charge in [0.1, 0.15) is 6.61 Å². The molecule has 3 N–H and O–H groups in total. The standard InChI is InChI=1S/C7H5NO4.C6H11NO/c9-7(10)5-1-3-6(4-2-5)8(11)12;1-2-5-8-6-3-4-7/h1-4H,(H,9,10);1H,3-7H2. The Morgan fingerprint density at radius 3 is 2.45 bits per heavy atom. The Bertz CT molecular complexity index is 432. The number of hydrogen-bond acceptors (Lipinski definition) is 5. The molecular weight excluding hydrogens is 264 g/mol. The molecule has 0 radical (unpaired) electrons. The number of carboxylic acid groups (broad SMARTS) is 1. The van der Waals surface area contributed by atoms with Crippen molar-refractivity contribution >= 4 is 11.7 Å². The largest absolute Gasteiger partial charge is 0.478 e. The SMILES string of the molecule is C#CCOCCCN.O=C(O)c1ccc([N+](=O)[O-])cc1. The van der Waals surface area contributed by atoms with Crippen molar-refractivity contribution in [2.45, 2.75) is 6.42 Å². The van der Waals surface area contributed by atoms with Crippen molar-refractivity contribution in [1.82, 2.24) is 0 Å². The van der Waals surface area contributed by atoms with E-state index in [0.717, 1.165) is 18.6 Å². The molecule has 0 fully saturated rings. The first-order valence-corrected chi connectivity index (χ1v) is 5.72. The molecule has 0 saturated carbocycles. The van der Waals surface area contributed by atoms with Crippen LogP contribution in [-0.4, -0.2) is 35.8 Å². The second-order valence-electron chi connectivity index (χ2n) is 3.51. The van der Waals surface area contributed by atoms with E-state index in [-0.39, 0.29) is 11.3 Å². The molecule has 0 unspecified atom stereocenters. The molecule has 0 aromatic heterocycles. The number of benzene rings is 1. The third-order valence-electron chi connectivity index (χ3n) is 2.00. The van der Waals surface area contributed by atoms with Crippen molar-refractivity contribution < 1.29 is 19.6 Å². The van der Waals surface area contributed by atoms with E-state index < -0.39 is 10.9 Å². The zero-order valence-corrected chi connectivity index (χ0v) is 10.8. The number of hydrogen-bond donors (Lipinski definition) is 2. The number of ether oxygens (including phenoxy) is 1. The molecule has 0 atom stereocenters. The fraction of sp³-hybridized carbons (Fsp3) is 0.308. The Balaban J connectivity index is 0.000000396. The zero-order chi connectivity index (χ0) is 15.4. The number of aromatic carboxylic acids is 1. The van der Waals surface area contributed by atoms with Crippen LogP contribution in [0.25, 0.3) is 0 Å². The molecular formula is C13H16N2O5. The monoisotopic (exact) mass is 280 g/mol. The summed E-state index contributed by atoms with van der Waals surface area (Å²) in [6.07, 6.45) is 5.80. The van der Waals surface area contributed by atoms with Gasteiger partial charge in [-0.3, -0.25) is 10.1 Å². The summed E-state index contributed by atoms with van der Waals surface area (Å²) in [4.78, 5) is 19.9. The van der Waals surface area contributed by atoms with Gasteiger partial charge in [-0.2, -0.15) is 0 Å². The molecule has 0 aliphatic heterocycles. The van der Waals surface area contributed by atoms with Gasteiger partial charge in [0, 0.05) is 18.7 Å². The highest BCUT2D eigenvalue weighted by Gasteiger charge is 2.06. The Kier molecular flexibility index (Phi) is 9.21. The Labute approximate surface area is 116 Å². The lowest BCUT2D eigenvalue weighted by Gasteiger charge is -1.94. The number of rotatable bonds is 6. The lowest BCUT2D eigenvalue weighted by molar-refractivity contribution is -0.384. The van der Waals surface area contributed by atoms with Crippen molar-refractivity contribution in [1.29, 1.82) is 0 Å². The molecule has 0 bridgehead atoms.